The van der Waals surface area contributed by atoms with Gasteiger partial charge in [-0.2, -0.15) is 0 Å². The molecule has 10 atom stereocenters. The van der Waals surface area contributed by atoms with Gasteiger partial charge in [0, 0.05) is 16.7 Å². The van der Waals surface area contributed by atoms with E-state index in [4.69, 9.17) is 9.47 Å². The number of ether oxygens (including phenoxy) is 2. The molecule has 1 heterocycles. The normalized spacial score (nSPS) is 52.6. The zero-order valence-electron chi connectivity index (χ0n) is 19.2. The molecule has 0 bridgehead atoms. The van der Waals surface area contributed by atoms with Gasteiger partial charge in [0.2, 0.25) is 0 Å². The number of alkyl halides is 2. The predicted molar refractivity (Wildman–Crippen MR) is 113 cm³/mol. The molecule has 0 aromatic rings. The summed E-state index contributed by atoms with van der Waals surface area (Å²) in [6, 6.07) is 0. The number of allylic oxidation sites excluding steroid dienone is 4. The summed E-state index contributed by atoms with van der Waals surface area (Å²) in [6.07, 6.45) is 0.682. The molecule has 2 N–H and O–H groups in total. The smallest absolute Gasteiger partial charge is 0.193 e. The minimum Gasteiger partial charge on any atom is -0.390 e. The van der Waals surface area contributed by atoms with E-state index in [-0.39, 0.29) is 24.8 Å². The number of fused-ring (bicyclic) bond motifs is 7. The first-order chi connectivity index (χ1) is 15.5. The predicted octanol–water partition coefficient (Wildman–Crippen LogP) is 2.76. The highest BCUT2D eigenvalue weighted by molar-refractivity contribution is 6.01. The van der Waals surface area contributed by atoms with Gasteiger partial charge in [0.25, 0.3) is 0 Å². The number of carbonyl (C=O) groups excluding carboxylic acids is 2. The molecule has 1 saturated heterocycles. The van der Waals surface area contributed by atoms with E-state index < -0.39 is 76.8 Å². The van der Waals surface area contributed by atoms with Crippen molar-refractivity contribution >= 4 is 11.6 Å². The molecule has 1 aliphatic heterocycles. The minimum atomic E-state index is -2.23. The molecule has 0 radical (unpaired) electrons. The van der Waals surface area contributed by atoms with Gasteiger partial charge in [0.05, 0.1) is 12.2 Å². The number of carbonyl (C=O) groups is 2. The van der Waals surface area contributed by atoms with Crippen molar-refractivity contribution in [1.29, 1.82) is 0 Å². The summed E-state index contributed by atoms with van der Waals surface area (Å²) in [4.78, 5) is 25.1. The number of aliphatic hydroxyl groups is 2. The Hall–Kier alpha value is -1.48. The van der Waals surface area contributed by atoms with E-state index in [1.165, 1.54) is 12.2 Å². The number of hydrogen-bond acceptors (Lipinski definition) is 6. The fraction of sp³-hybridized carbons (Fsp3) is 0.760. The summed E-state index contributed by atoms with van der Waals surface area (Å²) in [5.41, 5.74) is -6.22. The molecule has 8 heteroatoms. The third kappa shape index (κ3) is 2.61. The molecule has 5 aliphatic rings. The Balaban J connectivity index is 1.62. The molecule has 6 nitrogen and oxygen atoms in total. The molecule has 33 heavy (non-hydrogen) atoms. The lowest BCUT2D eigenvalue weighted by Crippen LogP contribution is -2.70. The SMILES string of the molecule is CCC[C@@H]1O[C@@H]2CC3[C@@H]4C[C@H](F)C5=CC(=O)C=C[C@]5(C)[C@@]4(F)[C@@H](O)C[C@]3(C)[C@]2(C(=O)CO)O1. The third-order valence-corrected chi connectivity index (χ3v) is 9.50. The molecule has 182 valence electrons. The van der Waals surface area contributed by atoms with Crippen molar-refractivity contribution < 1.29 is 38.1 Å². The first kappa shape index (κ1) is 23.3. The Morgan fingerprint density at radius 2 is 2.00 bits per heavy atom. The second kappa shape index (κ2) is 7.26. The van der Waals surface area contributed by atoms with Crippen LogP contribution >= 0.6 is 0 Å². The molecule has 3 saturated carbocycles. The summed E-state index contributed by atoms with van der Waals surface area (Å²) in [5, 5.41) is 21.2. The largest absolute Gasteiger partial charge is 0.390 e. The lowest BCUT2D eigenvalue weighted by Gasteiger charge is -2.63. The lowest BCUT2D eigenvalue weighted by molar-refractivity contribution is -0.234. The van der Waals surface area contributed by atoms with Gasteiger partial charge in [-0.1, -0.05) is 26.3 Å². The molecule has 1 unspecified atom stereocenters. The highest BCUT2D eigenvalue weighted by Crippen LogP contribution is 2.72. The summed E-state index contributed by atoms with van der Waals surface area (Å²) in [7, 11) is 0. The summed E-state index contributed by atoms with van der Waals surface area (Å²) >= 11 is 0. The van der Waals surface area contributed by atoms with Crippen LogP contribution in [0.4, 0.5) is 8.78 Å². The van der Waals surface area contributed by atoms with Gasteiger partial charge in [-0.05, 0) is 56.3 Å². The Morgan fingerprint density at radius 1 is 1.27 bits per heavy atom. The average Bonchev–Trinajstić information content (AvgIpc) is 3.24. The fourth-order valence-electron chi connectivity index (χ4n) is 8.00. The molecule has 0 aromatic carbocycles. The fourth-order valence-corrected chi connectivity index (χ4v) is 8.00. The molecule has 0 spiro atoms. The number of ketones is 2. The zero-order valence-corrected chi connectivity index (χ0v) is 19.2. The summed E-state index contributed by atoms with van der Waals surface area (Å²) in [6.45, 7) is 4.53. The summed E-state index contributed by atoms with van der Waals surface area (Å²) < 4.78 is 45.0. The molecular formula is C25H32F2O6. The molecule has 4 aliphatic carbocycles. The Bertz CT molecular complexity index is 949. The van der Waals surface area contributed by atoms with E-state index in [0.717, 1.165) is 12.5 Å². The first-order valence-electron chi connectivity index (χ1n) is 11.9. The monoisotopic (exact) mass is 466 g/mol. The maximum absolute atomic E-state index is 17.2. The zero-order chi connectivity index (χ0) is 24.0. The van der Waals surface area contributed by atoms with Crippen molar-refractivity contribution in [3.05, 3.63) is 23.8 Å². The third-order valence-electron chi connectivity index (χ3n) is 9.50. The number of Topliss-reactive ketones (excluding diaryl/α,β-unsaturated/α-hetero) is 1. The minimum absolute atomic E-state index is 0.0613. The lowest BCUT2D eigenvalue weighted by atomic mass is 9.44. The van der Waals surface area contributed by atoms with Crippen LogP contribution in [-0.4, -0.2) is 64.3 Å². The van der Waals surface area contributed by atoms with Gasteiger partial charge >= 0.3 is 0 Å². The standard InChI is InChI=1S/C25H32F2O6/c1-4-5-21-32-20-10-14-15-9-17(26)16-8-13(29)6-7-22(16,2)24(15,27)18(30)11-23(14,3)25(20,33-21)19(31)12-28/h6-8,14-15,17-18,20-21,28,30H,4-5,9-12H2,1-3H3/t14?,15-,17-,18-,20+,21+,22-,23-,24-,25+/m0/s1. The topological polar surface area (TPSA) is 93.1 Å². The van der Waals surface area contributed by atoms with Crippen molar-refractivity contribution in [2.75, 3.05) is 6.61 Å². The highest BCUT2D eigenvalue weighted by atomic mass is 19.1. The van der Waals surface area contributed by atoms with Gasteiger partial charge in [0.1, 0.15) is 12.8 Å². The van der Waals surface area contributed by atoms with Gasteiger partial charge in [-0.25, -0.2) is 8.78 Å². The van der Waals surface area contributed by atoms with Crippen LogP contribution < -0.4 is 0 Å². The van der Waals surface area contributed by atoms with Crippen LogP contribution in [0.3, 0.4) is 0 Å². The average molecular weight is 467 g/mol. The van der Waals surface area contributed by atoms with Crippen molar-refractivity contribution in [1.82, 2.24) is 0 Å². The van der Waals surface area contributed by atoms with Crippen molar-refractivity contribution in [3.8, 4) is 0 Å². The van der Waals surface area contributed by atoms with E-state index in [0.29, 0.717) is 6.42 Å². The van der Waals surface area contributed by atoms with Crippen LogP contribution in [0.15, 0.2) is 23.8 Å². The van der Waals surface area contributed by atoms with Gasteiger partial charge < -0.3 is 19.7 Å². The molecule has 0 aromatic heterocycles. The van der Waals surface area contributed by atoms with E-state index in [2.05, 4.69) is 0 Å². The van der Waals surface area contributed by atoms with Crippen molar-refractivity contribution in [3.63, 3.8) is 0 Å². The van der Waals surface area contributed by atoms with Crippen molar-refractivity contribution in [2.45, 2.75) is 88.8 Å². The maximum Gasteiger partial charge on any atom is 0.193 e. The Labute approximate surface area is 192 Å². The number of hydrogen-bond donors (Lipinski definition) is 2. The maximum atomic E-state index is 17.2. The van der Waals surface area contributed by atoms with E-state index in [1.54, 1.807) is 13.8 Å². The van der Waals surface area contributed by atoms with Crippen LogP contribution in [0.25, 0.3) is 0 Å². The van der Waals surface area contributed by atoms with Gasteiger partial charge in [-0.15, -0.1) is 0 Å². The number of halogens is 2. The quantitative estimate of drug-likeness (QED) is 0.662. The van der Waals surface area contributed by atoms with Crippen LogP contribution in [0.5, 0.6) is 0 Å². The van der Waals surface area contributed by atoms with Crippen LogP contribution in [0, 0.1) is 22.7 Å². The number of aliphatic hydroxyl groups excluding tert-OH is 2. The Morgan fingerprint density at radius 3 is 2.67 bits per heavy atom. The number of rotatable bonds is 4. The van der Waals surface area contributed by atoms with Crippen molar-refractivity contribution in [2.24, 2.45) is 22.7 Å². The van der Waals surface area contributed by atoms with E-state index in [1.807, 2.05) is 6.92 Å². The van der Waals surface area contributed by atoms with Gasteiger partial charge in [0.15, 0.2) is 29.1 Å². The van der Waals surface area contributed by atoms with E-state index >= 15 is 8.78 Å². The molecular weight excluding hydrogens is 434 g/mol. The summed E-state index contributed by atoms with van der Waals surface area (Å²) in [5.74, 6) is -2.38. The second-order valence-electron chi connectivity index (χ2n) is 10.9. The first-order valence-corrected chi connectivity index (χ1v) is 11.9. The van der Waals surface area contributed by atoms with Crippen LogP contribution in [0.1, 0.15) is 52.9 Å². The highest BCUT2D eigenvalue weighted by Gasteiger charge is 2.79. The van der Waals surface area contributed by atoms with Crippen LogP contribution in [-0.2, 0) is 19.1 Å². The van der Waals surface area contributed by atoms with E-state index in [9.17, 15) is 19.8 Å². The van der Waals surface area contributed by atoms with Crippen LogP contribution in [0.2, 0.25) is 0 Å². The Kier molecular flexibility index (Phi) is 5.12. The second-order valence-corrected chi connectivity index (χ2v) is 10.9. The molecule has 0 amide bonds. The molecule has 4 fully saturated rings. The van der Waals surface area contributed by atoms with Gasteiger partial charge in [-0.3, -0.25) is 9.59 Å². The molecule has 5 rings (SSSR count).